The highest BCUT2D eigenvalue weighted by atomic mass is 16.5. The molecule has 0 saturated carbocycles. The summed E-state index contributed by atoms with van der Waals surface area (Å²) >= 11 is 0. The summed E-state index contributed by atoms with van der Waals surface area (Å²) in [7, 11) is 0. The second-order valence-corrected chi connectivity index (χ2v) is 7.07. The Balaban J connectivity index is 1.53. The van der Waals surface area contributed by atoms with Gasteiger partial charge >= 0.3 is 0 Å². The van der Waals surface area contributed by atoms with Crippen LogP contribution in [0, 0.1) is 5.92 Å². The molecule has 1 fully saturated rings. The van der Waals surface area contributed by atoms with Crippen LogP contribution < -0.4 is 15.4 Å². The number of rotatable bonds is 7. The number of nitrogens with zero attached hydrogens (tertiary/aromatic N) is 3. The van der Waals surface area contributed by atoms with Gasteiger partial charge in [-0.25, -0.2) is 4.68 Å². The number of benzene rings is 1. The molecule has 1 saturated heterocycles. The second-order valence-electron chi connectivity index (χ2n) is 7.07. The standard InChI is InChI=1S/C19H27N5O2/c1-14(2)9-12-26-17-5-3-15(4-6-17)21-19(25)18-13-24(23-22-18)16-7-10-20-11-8-16/h3-6,13-14,16,20H,7-12H2,1-2H3,(H,21,25). The summed E-state index contributed by atoms with van der Waals surface area (Å²) in [5, 5.41) is 14.3. The van der Waals surface area contributed by atoms with Crippen LogP contribution >= 0.6 is 0 Å². The van der Waals surface area contributed by atoms with Crippen molar-refractivity contribution in [1.82, 2.24) is 20.3 Å². The van der Waals surface area contributed by atoms with Gasteiger partial charge in [0.2, 0.25) is 0 Å². The van der Waals surface area contributed by atoms with Gasteiger partial charge in [-0.15, -0.1) is 5.10 Å². The lowest BCUT2D eigenvalue weighted by molar-refractivity contribution is 0.102. The van der Waals surface area contributed by atoms with Gasteiger partial charge in [0.1, 0.15) is 5.75 Å². The first-order valence-corrected chi connectivity index (χ1v) is 9.28. The molecule has 0 radical (unpaired) electrons. The number of carbonyl (C=O) groups excluding carboxylic acids is 1. The Hall–Kier alpha value is -2.41. The Morgan fingerprint density at radius 1 is 1.31 bits per heavy atom. The summed E-state index contributed by atoms with van der Waals surface area (Å²) in [6.07, 6.45) is 4.76. The van der Waals surface area contributed by atoms with Crippen LogP contribution in [0.15, 0.2) is 30.5 Å². The predicted octanol–water partition coefficient (Wildman–Crippen LogP) is 2.88. The molecule has 3 rings (SSSR count). The Labute approximate surface area is 154 Å². The average molecular weight is 357 g/mol. The normalized spacial score (nSPS) is 15.2. The van der Waals surface area contributed by atoms with Crippen LogP contribution in [-0.4, -0.2) is 40.6 Å². The molecule has 1 aromatic heterocycles. The third-order valence-electron chi connectivity index (χ3n) is 4.50. The van der Waals surface area contributed by atoms with E-state index in [1.165, 1.54) is 0 Å². The Kier molecular flexibility index (Phi) is 6.22. The number of ether oxygens (including phenoxy) is 1. The largest absolute Gasteiger partial charge is 0.494 e. The molecule has 0 bridgehead atoms. The lowest BCUT2D eigenvalue weighted by Crippen LogP contribution is -2.29. The minimum atomic E-state index is -0.251. The van der Waals surface area contributed by atoms with Gasteiger partial charge in [-0.05, 0) is 62.5 Å². The highest BCUT2D eigenvalue weighted by Crippen LogP contribution is 2.19. The number of anilines is 1. The fraction of sp³-hybridized carbons (Fsp3) is 0.526. The minimum Gasteiger partial charge on any atom is -0.494 e. The monoisotopic (exact) mass is 357 g/mol. The first-order valence-electron chi connectivity index (χ1n) is 9.28. The number of hydrogen-bond acceptors (Lipinski definition) is 5. The predicted molar refractivity (Wildman–Crippen MR) is 101 cm³/mol. The van der Waals surface area contributed by atoms with Crippen molar-refractivity contribution >= 4 is 11.6 Å². The first kappa shape index (κ1) is 18.4. The van der Waals surface area contributed by atoms with Gasteiger partial charge in [-0.1, -0.05) is 19.1 Å². The molecular weight excluding hydrogens is 330 g/mol. The van der Waals surface area contributed by atoms with E-state index in [1.54, 1.807) is 10.9 Å². The van der Waals surface area contributed by atoms with E-state index in [9.17, 15) is 4.79 Å². The van der Waals surface area contributed by atoms with Crippen molar-refractivity contribution in [3.05, 3.63) is 36.2 Å². The van der Waals surface area contributed by atoms with Crippen LogP contribution in [0.2, 0.25) is 0 Å². The van der Waals surface area contributed by atoms with Crippen LogP contribution in [0.3, 0.4) is 0 Å². The molecule has 0 unspecified atom stereocenters. The van der Waals surface area contributed by atoms with Gasteiger partial charge < -0.3 is 15.4 Å². The molecule has 2 aromatic rings. The van der Waals surface area contributed by atoms with E-state index in [4.69, 9.17) is 4.74 Å². The molecule has 0 spiro atoms. The first-order chi connectivity index (χ1) is 12.6. The van der Waals surface area contributed by atoms with Gasteiger partial charge in [-0.3, -0.25) is 4.79 Å². The maximum absolute atomic E-state index is 12.4. The fourth-order valence-electron chi connectivity index (χ4n) is 2.87. The highest BCUT2D eigenvalue weighted by molar-refractivity contribution is 6.02. The molecule has 1 aliphatic rings. The topological polar surface area (TPSA) is 81.1 Å². The zero-order valence-corrected chi connectivity index (χ0v) is 15.4. The highest BCUT2D eigenvalue weighted by Gasteiger charge is 2.18. The third-order valence-corrected chi connectivity index (χ3v) is 4.50. The van der Waals surface area contributed by atoms with E-state index in [2.05, 4.69) is 34.8 Å². The zero-order chi connectivity index (χ0) is 18.4. The van der Waals surface area contributed by atoms with Crippen molar-refractivity contribution in [1.29, 1.82) is 0 Å². The molecule has 1 amide bonds. The van der Waals surface area contributed by atoms with E-state index in [-0.39, 0.29) is 5.91 Å². The summed E-state index contributed by atoms with van der Waals surface area (Å²) in [5.41, 5.74) is 1.04. The van der Waals surface area contributed by atoms with Crippen LogP contribution in [0.25, 0.3) is 0 Å². The molecule has 1 aliphatic heterocycles. The summed E-state index contributed by atoms with van der Waals surface area (Å²) < 4.78 is 7.50. The second kappa shape index (κ2) is 8.80. The van der Waals surface area contributed by atoms with Crippen LogP contribution in [0.4, 0.5) is 5.69 Å². The van der Waals surface area contributed by atoms with Gasteiger partial charge in [0.25, 0.3) is 5.91 Å². The van der Waals surface area contributed by atoms with E-state index in [1.807, 2.05) is 24.3 Å². The molecule has 2 heterocycles. The van der Waals surface area contributed by atoms with Crippen LogP contribution in [-0.2, 0) is 0 Å². The van der Waals surface area contributed by atoms with E-state index in [0.29, 0.717) is 29.9 Å². The van der Waals surface area contributed by atoms with E-state index >= 15 is 0 Å². The fourth-order valence-corrected chi connectivity index (χ4v) is 2.87. The Bertz CT molecular complexity index is 705. The molecular formula is C19H27N5O2. The smallest absolute Gasteiger partial charge is 0.277 e. The third kappa shape index (κ3) is 5.05. The number of carbonyl (C=O) groups is 1. The van der Waals surface area contributed by atoms with Gasteiger partial charge in [-0.2, -0.15) is 0 Å². The van der Waals surface area contributed by atoms with Crippen molar-refractivity contribution in [3.8, 4) is 5.75 Å². The number of hydrogen-bond donors (Lipinski definition) is 2. The van der Waals surface area contributed by atoms with E-state index in [0.717, 1.165) is 38.1 Å². The molecule has 140 valence electrons. The van der Waals surface area contributed by atoms with Crippen molar-refractivity contribution in [2.75, 3.05) is 25.0 Å². The minimum absolute atomic E-state index is 0.251. The van der Waals surface area contributed by atoms with Gasteiger partial charge in [0.05, 0.1) is 18.8 Å². The molecule has 0 aliphatic carbocycles. The molecule has 7 nitrogen and oxygen atoms in total. The van der Waals surface area contributed by atoms with E-state index < -0.39 is 0 Å². The summed E-state index contributed by atoms with van der Waals surface area (Å²) in [6, 6.07) is 7.70. The average Bonchev–Trinajstić information content (AvgIpc) is 3.14. The summed E-state index contributed by atoms with van der Waals surface area (Å²) in [6.45, 7) is 6.98. The zero-order valence-electron chi connectivity index (χ0n) is 15.4. The maximum atomic E-state index is 12.4. The number of nitrogens with one attached hydrogen (secondary N) is 2. The molecule has 0 atom stereocenters. The lowest BCUT2D eigenvalue weighted by atomic mass is 10.1. The van der Waals surface area contributed by atoms with Crippen molar-refractivity contribution < 1.29 is 9.53 Å². The van der Waals surface area contributed by atoms with Gasteiger partial charge in [0.15, 0.2) is 5.69 Å². The van der Waals surface area contributed by atoms with Crippen LogP contribution in [0.5, 0.6) is 5.75 Å². The Morgan fingerprint density at radius 2 is 2.04 bits per heavy atom. The summed E-state index contributed by atoms with van der Waals surface area (Å²) in [5.74, 6) is 1.17. The molecule has 2 N–H and O–H groups in total. The van der Waals surface area contributed by atoms with Crippen molar-refractivity contribution in [2.45, 2.75) is 39.2 Å². The number of amides is 1. The lowest BCUT2D eigenvalue weighted by Gasteiger charge is -2.22. The van der Waals surface area contributed by atoms with Crippen LogP contribution in [0.1, 0.15) is 49.6 Å². The molecule has 1 aromatic carbocycles. The SMILES string of the molecule is CC(C)CCOc1ccc(NC(=O)c2cn(C3CCNCC3)nn2)cc1. The van der Waals surface area contributed by atoms with Gasteiger partial charge in [0, 0.05) is 5.69 Å². The van der Waals surface area contributed by atoms with Crippen molar-refractivity contribution in [2.24, 2.45) is 5.92 Å². The summed E-state index contributed by atoms with van der Waals surface area (Å²) in [4.78, 5) is 12.4. The molecule has 7 heteroatoms. The number of aromatic nitrogens is 3. The Morgan fingerprint density at radius 3 is 2.73 bits per heavy atom. The van der Waals surface area contributed by atoms with Crippen molar-refractivity contribution in [3.63, 3.8) is 0 Å². The maximum Gasteiger partial charge on any atom is 0.277 e. The quantitative estimate of drug-likeness (QED) is 0.796. The molecule has 26 heavy (non-hydrogen) atoms. The number of piperidine rings is 1.